The smallest absolute Gasteiger partial charge is 0.257 e. The second-order valence-corrected chi connectivity index (χ2v) is 5.25. The van der Waals surface area contributed by atoms with Crippen LogP contribution in [0.2, 0.25) is 0 Å². The molecule has 0 unspecified atom stereocenters. The summed E-state index contributed by atoms with van der Waals surface area (Å²) in [6.07, 6.45) is 1.28. The molecule has 1 aromatic heterocycles. The van der Waals surface area contributed by atoms with Crippen LogP contribution in [-0.2, 0) is 9.53 Å². The summed E-state index contributed by atoms with van der Waals surface area (Å²) in [7, 11) is 0. The van der Waals surface area contributed by atoms with E-state index in [1.54, 1.807) is 4.90 Å². The number of nitrogens with zero attached hydrogens (tertiary/aromatic N) is 2. The minimum absolute atomic E-state index is 0. The molecule has 2 atom stereocenters. The van der Waals surface area contributed by atoms with Crippen molar-refractivity contribution in [1.29, 1.82) is 0 Å². The van der Waals surface area contributed by atoms with Gasteiger partial charge in [0.25, 0.3) is 5.91 Å². The molecular formula is C12H20ClN3O2S. The standard InChI is InChI=1S/C12H19N3O2S.ClH/c1-3-15(12-14-8(2)7-18-12)11(16)10-5-4-9(6-13)17-10;/h7,9-10H,3-6,13H2,1-2H3;1H/t9-,10+;/m1./s1. The summed E-state index contributed by atoms with van der Waals surface area (Å²) in [6.45, 7) is 4.96. The number of aromatic nitrogens is 1. The fraction of sp³-hybridized carbons (Fsp3) is 0.667. The number of amides is 1. The van der Waals surface area contributed by atoms with Gasteiger partial charge in [0.1, 0.15) is 6.10 Å². The molecule has 0 radical (unpaired) electrons. The summed E-state index contributed by atoms with van der Waals surface area (Å²) in [5.41, 5.74) is 6.50. The predicted octanol–water partition coefficient (Wildman–Crippen LogP) is 1.73. The average molecular weight is 306 g/mol. The van der Waals surface area contributed by atoms with E-state index in [1.807, 2.05) is 19.2 Å². The molecule has 0 bridgehead atoms. The van der Waals surface area contributed by atoms with Gasteiger partial charge in [-0.15, -0.1) is 23.7 Å². The lowest BCUT2D eigenvalue weighted by molar-refractivity contribution is -0.129. The molecule has 1 amide bonds. The molecule has 1 aliphatic rings. The first-order valence-electron chi connectivity index (χ1n) is 6.24. The Morgan fingerprint density at radius 2 is 2.37 bits per heavy atom. The van der Waals surface area contributed by atoms with Crippen LogP contribution in [0, 0.1) is 6.92 Å². The second kappa shape index (κ2) is 7.19. The molecule has 0 spiro atoms. The van der Waals surface area contributed by atoms with E-state index >= 15 is 0 Å². The number of carbonyl (C=O) groups is 1. The fourth-order valence-electron chi connectivity index (χ4n) is 2.09. The third-order valence-electron chi connectivity index (χ3n) is 3.07. The van der Waals surface area contributed by atoms with Gasteiger partial charge in [0.05, 0.1) is 11.8 Å². The van der Waals surface area contributed by atoms with Crippen molar-refractivity contribution in [2.45, 2.75) is 38.9 Å². The number of carbonyl (C=O) groups excluding carboxylic acids is 1. The van der Waals surface area contributed by atoms with E-state index in [2.05, 4.69) is 4.98 Å². The monoisotopic (exact) mass is 305 g/mol. The van der Waals surface area contributed by atoms with Crippen LogP contribution < -0.4 is 10.6 Å². The van der Waals surface area contributed by atoms with Crippen molar-refractivity contribution in [1.82, 2.24) is 4.98 Å². The first-order chi connectivity index (χ1) is 8.65. The number of anilines is 1. The van der Waals surface area contributed by atoms with E-state index in [4.69, 9.17) is 10.5 Å². The number of rotatable bonds is 4. The van der Waals surface area contributed by atoms with Gasteiger partial charge in [-0.1, -0.05) is 0 Å². The van der Waals surface area contributed by atoms with E-state index in [1.165, 1.54) is 11.3 Å². The summed E-state index contributed by atoms with van der Waals surface area (Å²) < 4.78 is 5.64. The zero-order valence-electron chi connectivity index (χ0n) is 11.2. The van der Waals surface area contributed by atoms with Crippen LogP contribution in [0.25, 0.3) is 0 Å². The van der Waals surface area contributed by atoms with Crippen molar-refractivity contribution in [3.8, 4) is 0 Å². The highest BCUT2D eigenvalue weighted by molar-refractivity contribution is 7.14. The molecule has 0 aliphatic carbocycles. The normalized spacial score (nSPS) is 22.1. The zero-order valence-corrected chi connectivity index (χ0v) is 12.8. The molecule has 2 heterocycles. The SMILES string of the molecule is CCN(C(=O)[C@@H]1CC[C@H](CN)O1)c1nc(C)cs1.Cl. The highest BCUT2D eigenvalue weighted by atomic mass is 35.5. The van der Waals surface area contributed by atoms with Crippen LogP contribution in [0.3, 0.4) is 0 Å². The second-order valence-electron chi connectivity index (χ2n) is 4.41. The van der Waals surface area contributed by atoms with Crippen LogP contribution in [-0.4, -0.2) is 36.2 Å². The lowest BCUT2D eigenvalue weighted by atomic mass is 10.2. The summed E-state index contributed by atoms with van der Waals surface area (Å²) in [5.74, 6) is 0.00259. The average Bonchev–Trinajstić information content (AvgIpc) is 2.99. The summed E-state index contributed by atoms with van der Waals surface area (Å²) in [5, 5.41) is 2.70. The first kappa shape index (κ1) is 16.4. The Balaban J connectivity index is 0.00000180. The van der Waals surface area contributed by atoms with Gasteiger partial charge in [0, 0.05) is 18.5 Å². The number of thiazole rings is 1. The molecule has 1 aromatic rings. The maximum Gasteiger partial charge on any atom is 0.257 e. The number of nitrogens with two attached hydrogens (primary N) is 1. The Hall–Kier alpha value is -0.690. The van der Waals surface area contributed by atoms with Gasteiger partial charge in [-0.25, -0.2) is 4.98 Å². The molecule has 108 valence electrons. The van der Waals surface area contributed by atoms with E-state index in [9.17, 15) is 4.79 Å². The molecule has 1 aliphatic heterocycles. The molecule has 2 rings (SSSR count). The van der Waals surface area contributed by atoms with Crippen molar-refractivity contribution in [2.75, 3.05) is 18.0 Å². The number of halogens is 1. The summed E-state index contributed by atoms with van der Waals surface area (Å²) in [6, 6.07) is 0. The van der Waals surface area contributed by atoms with Crippen molar-refractivity contribution in [3.05, 3.63) is 11.1 Å². The minimum atomic E-state index is -0.359. The van der Waals surface area contributed by atoms with Crippen molar-refractivity contribution in [3.63, 3.8) is 0 Å². The Bertz CT molecular complexity index is 427. The topological polar surface area (TPSA) is 68.5 Å². The fourth-order valence-corrected chi connectivity index (χ4v) is 2.96. The van der Waals surface area contributed by atoms with Gasteiger partial charge in [-0.3, -0.25) is 9.69 Å². The molecule has 1 saturated heterocycles. The molecule has 1 fully saturated rings. The van der Waals surface area contributed by atoms with Crippen molar-refractivity contribution >= 4 is 34.8 Å². The Kier molecular flexibility index (Phi) is 6.19. The van der Waals surface area contributed by atoms with Gasteiger partial charge >= 0.3 is 0 Å². The van der Waals surface area contributed by atoms with Gasteiger partial charge in [-0.05, 0) is 26.7 Å². The van der Waals surface area contributed by atoms with Crippen molar-refractivity contribution < 1.29 is 9.53 Å². The molecule has 5 nitrogen and oxygen atoms in total. The van der Waals surface area contributed by atoms with Crippen LogP contribution in [0.5, 0.6) is 0 Å². The van der Waals surface area contributed by atoms with Gasteiger partial charge in [-0.2, -0.15) is 0 Å². The molecule has 7 heteroatoms. The number of ether oxygens (including phenoxy) is 1. The van der Waals surface area contributed by atoms with E-state index < -0.39 is 0 Å². The third-order valence-corrected chi connectivity index (χ3v) is 4.05. The van der Waals surface area contributed by atoms with E-state index in [-0.39, 0.29) is 30.5 Å². The molecule has 19 heavy (non-hydrogen) atoms. The number of aryl methyl sites for hydroxylation is 1. The molecule has 0 aromatic carbocycles. The lowest BCUT2D eigenvalue weighted by Gasteiger charge is -2.21. The van der Waals surface area contributed by atoms with Crippen molar-refractivity contribution in [2.24, 2.45) is 5.73 Å². The molecular weight excluding hydrogens is 286 g/mol. The zero-order chi connectivity index (χ0) is 13.1. The quantitative estimate of drug-likeness (QED) is 0.920. The predicted molar refractivity (Wildman–Crippen MR) is 79.1 cm³/mol. The largest absolute Gasteiger partial charge is 0.364 e. The first-order valence-corrected chi connectivity index (χ1v) is 7.12. The van der Waals surface area contributed by atoms with Crippen LogP contribution in [0.4, 0.5) is 5.13 Å². The van der Waals surface area contributed by atoms with E-state index in [0.717, 1.165) is 23.7 Å². The van der Waals surface area contributed by atoms with Crippen LogP contribution in [0.15, 0.2) is 5.38 Å². The van der Waals surface area contributed by atoms with E-state index in [0.29, 0.717) is 13.1 Å². The molecule has 0 saturated carbocycles. The number of likely N-dealkylation sites (N-methyl/N-ethyl adjacent to an activating group) is 1. The highest BCUT2D eigenvalue weighted by Crippen LogP contribution is 2.25. The third kappa shape index (κ3) is 3.66. The Morgan fingerprint density at radius 3 is 2.84 bits per heavy atom. The minimum Gasteiger partial charge on any atom is -0.364 e. The number of hydrogen-bond acceptors (Lipinski definition) is 5. The van der Waals surface area contributed by atoms with Crippen LogP contribution >= 0.6 is 23.7 Å². The Morgan fingerprint density at radius 1 is 1.63 bits per heavy atom. The maximum absolute atomic E-state index is 12.4. The number of hydrogen-bond donors (Lipinski definition) is 1. The Labute approximate surface area is 123 Å². The highest BCUT2D eigenvalue weighted by Gasteiger charge is 2.33. The van der Waals surface area contributed by atoms with Gasteiger partial charge in [0.15, 0.2) is 5.13 Å². The summed E-state index contributed by atoms with van der Waals surface area (Å²) >= 11 is 1.49. The maximum atomic E-state index is 12.4. The van der Waals surface area contributed by atoms with Crippen LogP contribution in [0.1, 0.15) is 25.5 Å². The lowest BCUT2D eigenvalue weighted by Crippen LogP contribution is -2.39. The van der Waals surface area contributed by atoms with Gasteiger partial charge in [0.2, 0.25) is 0 Å². The summed E-state index contributed by atoms with van der Waals surface area (Å²) in [4.78, 5) is 18.4. The molecule has 2 N–H and O–H groups in total. The van der Waals surface area contributed by atoms with Gasteiger partial charge < -0.3 is 10.5 Å².